The van der Waals surface area contributed by atoms with Crippen LogP contribution in [0.3, 0.4) is 0 Å². The fraction of sp³-hybridized carbons (Fsp3) is 0.158. The van der Waals surface area contributed by atoms with E-state index in [1.807, 2.05) is 48.5 Å². The van der Waals surface area contributed by atoms with Gasteiger partial charge in [0.15, 0.2) is 11.5 Å². The van der Waals surface area contributed by atoms with Gasteiger partial charge in [0.05, 0.1) is 11.9 Å². The molecule has 4 rings (SSSR count). The van der Waals surface area contributed by atoms with Gasteiger partial charge in [0, 0.05) is 23.9 Å². The van der Waals surface area contributed by atoms with Gasteiger partial charge in [-0.05, 0) is 29.8 Å². The fourth-order valence-corrected chi connectivity index (χ4v) is 3.26. The van der Waals surface area contributed by atoms with Crippen molar-refractivity contribution in [2.75, 3.05) is 18.4 Å². The highest BCUT2D eigenvalue weighted by Gasteiger charge is 2.19. The molecule has 0 amide bonds. The number of anilines is 2. The number of sulfonamides is 1. The van der Waals surface area contributed by atoms with Crippen molar-refractivity contribution < 1.29 is 17.9 Å². The van der Waals surface area contributed by atoms with Crippen LogP contribution in [0, 0.1) is 0 Å². The summed E-state index contributed by atoms with van der Waals surface area (Å²) in [5.74, 6) is 1.97. The summed E-state index contributed by atoms with van der Waals surface area (Å²) in [6.07, 6.45) is 2.61. The van der Waals surface area contributed by atoms with Crippen LogP contribution < -0.4 is 19.5 Å². The largest absolute Gasteiger partial charge is 0.454 e. The number of aromatic nitrogens is 2. The van der Waals surface area contributed by atoms with Gasteiger partial charge in [-0.25, -0.2) is 23.1 Å². The molecular formula is C19H18N4O4S. The summed E-state index contributed by atoms with van der Waals surface area (Å²) < 4.78 is 36.0. The summed E-state index contributed by atoms with van der Waals surface area (Å²) in [5.41, 5.74) is 3.15. The second-order valence-electron chi connectivity index (χ2n) is 6.25. The first kappa shape index (κ1) is 18.2. The van der Waals surface area contributed by atoms with Crippen molar-refractivity contribution >= 4 is 21.5 Å². The zero-order valence-electron chi connectivity index (χ0n) is 15.0. The fourth-order valence-electron chi connectivity index (χ4n) is 2.83. The average molecular weight is 398 g/mol. The molecule has 2 aromatic carbocycles. The van der Waals surface area contributed by atoms with Gasteiger partial charge in [0.1, 0.15) is 12.1 Å². The number of rotatable bonds is 6. The normalized spacial score (nSPS) is 12.8. The number of para-hydroxylation sites is 1. The van der Waals surface area contributed by atoms with Crippen LogP contribution in [0.4, 0.5) is 11.5 Å². The minimum absolute atomic E-state index is 0.191. The number of hydrogen-bond acceptors (Lipinski definition) is 7. The van der Waals surface area contributed by atoms with Crippen molar-refractivity contribution in [2.45, 2.75) is 6.54 Å². The van der Waals surface area contributed by atoms with E-state index in [0.717, 1.165) is 23.1 Å². The third-order valence-corrected chi connectivity index (χ3v) is 4.75. The highest BCUT2D eigenvalue weighted by atomic mass is 32.2. The summed E-state index contributed by atoms with van der Waals surface area (Å²) in [7, 11) is -3.25. The summed E-state index contributed by atoms with van der Waals surface area (Å²) in [6.45, 7) is 0.410. The maximum atomic E-state index is 11.3. The van der Waals surface area contributed by atoms with Crippen LogP contribution in [0.15, 0.2) is 54.9 Å². The lowest BCUT2D eigenvalue weighted by Crippen LogP contribution is -2.21. The molecule has 0 saturated heterocycles. The van der Waals surface area contributed by atoms with E-state index in [-0.39, 0.29) is 13.3 Å². The lowest BCUT2D eigenvalue weighted by molar-refractivity contribution is 0.174. The molecule has 2 N–H and O–H groups in total. The van der Waals surface area contributed by atoms with E-state index in [0.29, 0.717) is 23.0 Å². The zero-order chi connectivity index (χ0) is 19.6. The molecule has 9 heteroatoms. The molecule has 1 aromatic heterocycles. The SMILES string of the molecule is CS(=O)(=O)NCc1cccc(Nc2cc(-c3cccc4c3OCO4)ncn2)c1. The molecule has 144 valence electrons. The van der Waals surface area contributed by atoms with Gasteiger partial charge in [-0.1, -0.05) is 18.2 Å². The summed E-state index contributed by atoms with van der Waals surface area (Å²) in [4.78, 5) is 8.60. The minimum Gasteiger partial charge on any atom is -0.454 e. The van der Waals surface area contributed by atoms with Gasteiger partial charge in [-0.3, -0.25) is 0 Å². The van der Waals surface area contributed by atoms with Crippen molar-refractivity contribution in [3.63, 3.8) is 0 Å². The van der Waals surface area contributed by atoms with Crippen molar-refractivity contribution in [1.29, 1.82) is 0 Å². The van der Waals surface area contributed by atoms with Gasteiger partial charge in [0.2, 0.25) is 16.8 Å². The number of hydrogen-bond donors (Lipinski definition) is 2. The molecule has 0 saturated carbocycles. The quantitative estimate of drug-likeness (QED) is 0.658. The molecule has 3 aromatic rings. The number of benzene rings is 2. The van der Waals surface area contributed by atoms with Gasteiger partial charge >= 0.3 is 0 Å². The second-order valence-corrected chi connectivity index (χ2v) is 8.08. The van der Waals surface area contributed by atoms with E-state index in [9.17, 15) is 8.42 Å². The lowest BCUT2D eigenvalue weighted by Gasteiger charge is -2.10. The summed E-state index contributed by atoms with van der Waals surface area (Å²) in [5, 5.41) is 3.22. The molecule has 0 bridgehead atoms. The minimum atomic E-state index is -3.25. The average Bonchev–Trinajstić information content (AvgIpc) is 3.15. The first-order valence-electron chi connectivity index (χ1n) is 8.49. The highest BCUT2D eigenvalue weighted by Crippen LogP contribution is 2.40. The van der Waals surface area contributed by atoms with Gasteiger partial charge < -0.3 is 14.8 Å². The molecule has 1 aliphatic rings. The Kier molecular flexibility index (Phi) is 4.84. The Hall–Kier alpha value is -3.17. The molecule has 1 aliphatic heterocycles. The Balaban J connectivity index is 1.56. The monoisotopic (exact) mass is 398 g/mol. The summed E-state index contributed by atoms with van der Waals surface area (Å²) >= 11 is 0. The predicted octanol–water partition coefficient (Wildman–Crippen LogP) is 2.67. The Labute approximate surface area is 162 Å². The van der Waals surface area contributed by atoms with Crippen molar-refractivity contribution in [3.8, 4) is 22.8 Å². The van der Waals surface area contributed by atoms with E-state index in [1.54, 1.807) is 0 Å². The lowest BCUT2D eigenvalue weighted by atomic mass is 10.1. The Morgan fingerprint density at radius 1 is 1.07 bits per heavy atom. The molecule has 0 aliphatic carbocycles. The van der Waals surface area contributed by atoms with Crippen molar-refractivity contribution in [3.05, 3.63) is 60.4 Å². The maximum Gasteiger partial charge on any atom is 0.231 e. The molecule has 2 heterocycles. The van der Waals surface area contributed by atoms with E-state index in [2.05, 4.69) is 20.0 Å². The molecule has 0 spiro atoms. The smallest absolute Gasteiger partial charge is 0.231 e. The van der Waals surface area contributed by atoms with E-state index >= 15 is 0 Å². The Morgan fingerprint density at radius 3 is 2.79 bits per heavy atom. The van der Waals surface area contributed by atoms with Crippen LogP contribution in [0.2, 0.25) is 0 Å². The number of fused-ring (bicyclic) bond motifs is 1. The highest BCUT2D eigenvalue weighted by molar-refractivity contribution is 7.88. The van der Waals surface area contributed by atoms with Gasteiger partial charge in [0.25, 0.3) is 0 Å². The van der Waals surface area contributed by atoms with Crippen LogP contribution in [0.25, 0.3) is 11.3 Å². The first-order chi connectivity index (χ1) is 13.5. The van der Waals surface area contributed by atoms with Gasteiger partial charge in [-0.15, -0.1) is 0 Å². The standard InChI is InChI=1S/C19H18N4O4S/c1-28(24,25)22-10-13-4-2-5-14(8-13)23-18-9-16(20-11-21-18)15-6-3-7-17-19(15)27-12-26-17/h2-9,11,22H,10,12H2,1H3,(H,20,21,23). The molecule has 0 atom stereocenters. The third-order valence-electron chi connectivity index (χ3n) is 4.08. The second kappa shape index (κ2) is 7.45. The van der Waals surface area contributed by atoms with Crippen LogP contribution in [-0.4, -0.2) is 31.4 Å². The molecular weight excluding hydrogens is 380 g/mol. The van der Waals surface area contributed by atoms with Crippen LogP contribution in [0.5, 0.6) is 11.5 Å². The third kappa shape index (κ3) is 4.21. The molecule has 0 radical (unpaired) electrons. The van der Waals surface area contributed by atoms with E-state index in [1.165, 1.54) is 6.33 Å². The van der Waals surface area contributed by atoms with E-state index < -0.39 is 10.0 Å². The number of nitrogens with zero attached hydrogens (tertiary/aromatic N) is 2. The van der Waals surface area contributed by atoms with Crippen molar-refractivity contribution in [1.82, 2.24) is 14.7 Å². The molecule has 0 unspecified atom stereocenters. The first-order valence-corrected chi connectivity index (χ1v) is 10.4. The van der Waals surface area contributed by atoms with Crippen LogP contribution in [0.1, 0.15) is 5.56 Å². The number of nitrogens with one attached hydrogen (secondary N) is 2. The maximum absolute atomic E-state index is 11.3. The Bertz CT molecular complexity index is 1120. The topological polar surface area (TPSA) is 102 Å². The van der Waals surface area contributed by atoms with Gasteiger partial charge in [-0.2, -0.15) is 0 Å². The molecule has 8 nitrogen and oxygen atoms in total. The summed E-state index contributed by atoms with van der Waals surface area (Å²) in [6, 6.07) is 14.9. The van der Waals surface area contributed by atoms with Crippen LogP contribution >= 0.6 is 0 Å². The Morgan fingerprint density at radius 2 is 1.93 bits per heavy atom. The van der Waals surface area contributed by atoms with Crippen LogP contribution in [-0.2, 0) is 16.6 Å². The predicted molar refractivity (Wildman–Crippen MR) is 105 cm³/mol. The van der Waals surface area contributed by atoms with Crippen molar-refractivity contribution in [2.24, 2.45) is 0 Å². The number of ether oxygens (including phenoxy) is 2. The zero-order valence-corrected chi connectivity index (χ0v) is 15.9. The molecule has 28 heavy (non-hydrogen) atoms. The molecule has 0 fully saturated rings. The van der Waals surface area contributed by atoms with E-state index in [4.69, 9.17) is 9.47 Å².